The number of aromatic nitrogens is 3. The molecule has 0 radical (unpaired) electrons. The van der Waals surface area contributed by atoms with Crippen molar-refractivity contribution in [3.05, 3.63) is 35.9 Å². The number of rotatable bonds is 2. The van der Waals surface area contributed by atoms with Gasteiger partial charge in [-0.2, -0.15) is 0 Å². The van der Waals surface area contributed by atoms with Crippen LogP contribution in [0.3, 0.4) is 0 Å². The second-order valence-electron chi connectivity index (χ2n) is 3.51. The Kier molecular flexibility index (Phi) is 7.68. The molecule has 0 saturated carbocycles. The van der Waals surface area contributed by atoms with Gasteiger partial charge in [-0.15, -0.1) is 0 Å². The topological polar surface area (TPSA) is 41.9 Å². The lowest BCUT2D eigenvalue weighted by Gasteiger charge is -2.10. The lowest BCUT2D eigenvalue weighted by molar-refractivity contribution is 1.07. The lowest BCUT2D eigenvalue weighted by atomic mass is 10.2. The first-order chi connectivity index (χ1) is 8.66. The Morgan fingerprint density at radius 1 is 1.05 bits per heavy atom. The molecule has 5 heteroatoms. The van der Waals surface area contributed by atoms with E-state index in [0.29, 0.717) is 0 Å². The van der Waals surface area contributed by atoms with Gasteiger partial charge in [0, 0.05) is 32.1 Å². The summed E-state index contributed by atoms with van der Waals surface area (Å²) in [5, 5.41) is 0.245. The third-order valence-corrected chi connectivity index (χ3v) is 2.31. The van der Waals surface area contributed by atoms with Crippen LogP contribution >= 0.6 is 11.6 Å². The molecule has 0 saturated heterocycles. The molecule has 104 valence electrons. The summed E-state index contributed by atoms with van der Waals surface area (Å²) in [6.45, 7) is 4.00. The molecular formula is C14H21ClN4. The molecule has 2 rings (SSSR count). The molecule has 0 bridgehead atoms. The number of hydrogen-bond acceptors (Lipinski definition) is 4. The maximum atomic E-state index is 5.73. The van der Waals surface area contributed by atoms with Crippen molar-refractivity contribution >= 4 is 17.4 Å². The van der Waals surface area contributed by atoms with Crippen LogP contribution in [0.5, 0.6) is 0 Å². The molecule has 4 nitrogen and oxygen atoms in total. The third-order valence-electron chi connectivity index (χ3n) is 2.13. The maximum absolute atomic E-state index is 5.73. The SMILES string of the molecule is C.CC.CN(C)c1ccc(-c2ccnc(Cl)n2)cn1. The van der Waals surface area contributed by atoms with Gasteiger partial charge in [0.15, 0.2) is 0 Å². The van der Waals surface area contributed by atoms with Gasteiger partial charge in [-0.05, 0) is 29.8 Å². The van der Waals surface area contributed by atoms with E-state index in [1.165, 1.54) is 0 Å². The van der Waals surface area contributed by atoms with Crippen molar-refractivity contribution in [2.45, 2.75) is 21.3 Å². The fraction of sp³-hybridized carbons (Fsp3) is 0.357. The largest absolute Gasteiger partial charge is 0.363 e. The molecule has 0 fully saturated rings. The minimum atomic E-state index is 0. The molecule has 0 N–H and O–H groups in total. The number of halogens is 1. The standard InChI is InChI=1S/C11H11ClN4.C2H6.CH4/c1-16(2)10-4-3-8(7-14-10)9-5-6-13-11(12)15-9;1-2;/h3-7H,1-2H3;1-2H3;1H4. The zero-order chi connectivity index (χ0) is 13.5. The first-order valence-electron chi connectivity index (χ1n) is 5.79. The van der Waals surface area contributed by atoms with Crippen molar-refractivity contribution in [1.29, 1.82) is 0 Å². The molecule has 0 amide bonds. The Morgan fingerprint density at radius 3 is 2.21 bits per heavy atom. The van der Waals surface area contributed by atoms with Gasteiger partial charge in [0.1, 0.15) is 5.82 Å². The predicted octanol–water partition coefficient (Wildman–Crippen LogP) is 3.92. The summed E-state index contributed by atoms with van der Waals surface area (Å²) in [6.07, 6.45) is 3.40. The van der Waals surface area contributed by atoms with Crippen molar-refractivity contribution in [2.24, 2.45) is 0 Å². The summed E-state index contributed by atoms with van der Waals surface area (Å²) in [5.74, 6) is 0.906. The van der Waals surface area contributed by atoms with E-state index in [1.807, 2.05) is 45.0 Å². The average Bonchev–Trinajstić information content (AvgIpc) is 2.41. The van der Waals surface area contributed by atoms with Crippen LogP contribution < -0.4 is 4.90 Å². The van der Waals surface area contributed by atoms with Crippen LogP contribution in [0.15, 0.2) is 30.6 Å². The lowest BCUT2D eigenvalue weighted by Crippen LogP contribution is -2.10. The van der Waals surface area contributed by atoms with Gasteiger partial charge in [0.05, 0.1) is 5.69 Å². The molecule has 0 unspecified atom stereocenters. The Bertz CT molecular complexity index is 483. The van der Waals surface area contributed by atoms with E-state index < -0.39 is 0 Å². The summed E-state index contributed by atoms with van der Waals surface area (Å²) >= 11 is 5.73. The van der Waals surface area contributed by atoms with E-state index in [-0.39, 0.29) is 12.7 Å². The molecule has 0 aliphatic heterocycles. The molecule has 0 aliphatic carbocycles. The Hall–Kier alpha value is -1.68. The van der Waals surface area contributed by atoms with E-state index in [0.717, 1.165) is 17.1 Å². The Balaban J connectivity index is 0.00000103. The smallest absolute Gasteiger partial charge is 0.222 e. The number of pyridine rings is 1. The molecular weight excluding hydrogens is 260 g/mol. The fourth-order valence-electron chi connectivity index (χ4n) is 1.30. The highest BCUT2D eigenvalue weighted by Gasteiger charge is 2.02. The summed E-state index contributed by atoms with van der Waals surface area (Å²) in [5.41, 5.74) is 1.70. The molecule has 0 atom stereocenters. The highest BCUT2D eigenvalue weighted by molar-refractivity contribution is 6.28. The van der Waals surface area contributed by atoms with Crippen molar-refractivity contribution in [3.8, 4) is 11.3 Å². The summed E-state index contributed by atoms with van der Waals surface area (Å²) in [6, 6.07) is 5.70. The molecule has 2 aromatic rings. The van der Waals surface area contributed by atoms with Crippen LogP contribution in [0.4, 0.5) is 5.82 Å². The Labute approximate surface area is 120 Å². The van der Waals surface area contributed by atoms with Crippen LogP contribution in [-0.2, 0) is 0 Å². The van der Waals surface area contributed by atoms with Crippen molar-refractivity contribution < 1.29 is 0 Å². The van der Waals surface area contributed by atoms with E-state index in [2.05, 4.69) is 15.0 Å². The van der Waals surface area contributed by atoms with Crippen LogP contribution in [-0.4, -0.2) is 29.0 Å². The molecule has 2 aromatic heterocycles. The highest BCUT2D eigenvalue weighted by Crippen LogP contribution is 2.18. The molecule has 0 aliphatic rings. The van der Waals surface area contributed by atoms with Gasteiger partial charge in [0.25, 0.3) is 0 Å². The molecule has 0 aromatic carbocycles. The molecule has 19 heavy (non-hydrogen) atoms. The third kappa shape index (κ3) is 4.83. The van der Waals surface area contributed by atoms with Gasteiger partial charge < -0.3 is 4.90 Å². The van der Waals surface area contributed by atoms with E-state index in [4.69, 9.17) is 11.6 Å². The maximum Gasteiger partial charge on any atom is 0.222 e. The average molecular weight is 281 g/mol. The zero-order valence-corrected chi connectivity index (χ0v) is 11.8. The van der Waals surface area contributed by atoms with Gasteiger partial charge in [-0.1, -0.05) is 21.3 Å². The normalized spacial score (nSPS) is 8.89. The second-order valence-corrected chi connectivity index (χ2v) is 3.85. The van der Waals surface area contributed by atoms with E-state index in [1.54, 1.807) is 18.5 Å². The summed E-state index contributed by atoms with van der Waals surface area (Å²) in [7, 11) is 3.90. The van der Waals surface area contributed by atoms with Crippen LogP contribution in [0.25, 0.3) is 11.3 Å². The highest BCUT2D eigenvalue weighted by atomic mass is 35.5. The monoisotopic (exact) mass is 280 g/mol. The molecule has 0 spiro atoms. The first kappa shape index (κ1) is 17.3. The van der Waals surface area contributed by atoms with Crippen molar-refractivity contribution in [1.82, 2.24) is 15.0 Å². The van der Waals surface area contributed by atoms with E-state index >= 15 is 0 Å². The van der Waals surface area contributed by atoms with Gasteiger partial charge >= 0.3 is 0 Å². The van der Waals surface area contributed by atoms with Gasteiger partial charge in [-0.25, -0.2) is 15.0 Å². The van der Waals surface area contributed by atoms with Crippen LogP contribution in [0.2, 0.25) is 5.28 Å². The zero-order valence-electron chi connectivity index (χ0n) is 11.1. The Morgan fingerprint density at radius 2 is 1.74 bits per heavy atom. The molecule has 2 heterocycles. The minimum absolute atomic E-state index is 0. The predicted molar refractivity (Wildman–Crippen MR) is 82.7 cm³/mol. The fourth-order valence-corrected chi connectivity index (χ4v) is 1.45. The van der Waals surface area contributed by atoms with Gasteiger partial charge in [-0.3, -0.25) is 0 Å². The van der Waals surface area contributed by atoms with Gasteiger partial charge in [0.2, 0.25) is 5.28 Å². The minimum Gasteiger partial charge on any atom is -0.363 e. The number of hydrogen-bond donors (Lipinski definition) is 0. The van der Waals surface area contributed by atoms with E-state index in [9.17, 15) is 0 Å². The number of nitrogens with zero attached hydrogens (tertiary/aromatic N) is 4. The van der Waals surface area contributed by atoms with Crippen LogP contribution in [0.1, 0.15) is 21.3 Å². The van der Waals surface area contributed by atoms with Crippen LogP contribution in [0, 0.1) is 0 Å². The van der Waals surface area contributed by atoms with Crippen molar-refractivity contribution in [2.75, 3.05) is 19.0 Å². The summed E-state index contributed by atoms with van der Waals surface area (Å²) in [4.78, 5) is 14.2. The summed E-state index contributed by atoms with van der Waals surface area (Å²) < 4.78 is 0. The first-order valence-corrected chi connectivity index (χ1v) is 6.17. The second kappa shape index (κ2) is 8.43. The number of anilines is 1. The van der Waals surface area contributed by atoms with Crippen molar-refractivity contribution in [3.63, 3.8) is 0 Å². The quantitative estimate of drug-likeness (QED) is 0.782.